The van der Waals surface area contributed by atoms with Gasteiger partial charge in [-0.1, -0.05) is 23.4 Å². The van der Waals surface area contributed by atoms with Gasteiger partial charge in [-0.25, -0.2) is 4.68 Å². The predicted octanol–water partition coefficient (Wildman–Crippen LogP) is 1.32. The molecule has 0 fully saturated rings. The molecule has 2 rings (SSSR count). The van der Waals surface area contributed by atoms with E-state index in [-0.39, 0.29) is 0 Å². The summed E-state index contributed by atoms with van der Waals surface area (Å²) in [5, 5.41) is 17.0. The number of hydrogen-bond donors (Lipinski definition) is 1. The topological polar surface area (TPSA) is 50.9 Å². The molecule has 0 spiro atoms. The molecule has 4 heteroatoms. The molecule has 72 valence electrons. The zero-order valence-electron chi connectivity index (χ0n) is 7.83. The Morgan fingerprint density at radius 1 is 1.29 bits per heavy atom. The lowest BCUT2D eigenvalue weighted by molar-refractivity contribution is 0.194. The minimum atomic E-state index is -0.576. The zero-order valence-corrected chi connectivity index (χ0v) is 7.83. The van der Waals surface area contributed by atoms with Gasteiger partial charge in [-0.2, -0.15) is 0 Å². The lowest BCUT2D eigenvalue weighted by atomic mass is 10.3. The third kappa shape index (κ3) is 1.65. The van der Waals surface area contributed by atoms with E-state index in [4.69, 9.17) is 0 Å². The molecule has 0 saturated carbocycles. The number of hydrogen-bond acceptors (Lipinski definition) is 3. The van der Waals surface area contributed by atoms with Crippen LogP contribution in [-0.4, -0.2) is 20.1 Å². The van der Waals surface area contributed by atoms with Crippen LogP contribution >= 0.6 is 0 Å². The molecule has 2 aromatic rings. The van der Waals surface area contributed by atoms with Crippen LogP contribution < -0.4 is 0 Å². The molecule has 1 N–H and O–H groups in total. The summed E-state index contributed by atoms with van der Waals surface area (Å²) in [5.74, 6) is 0. The molecule has 0 bridgehead atoms. The molecule has 1 heterocycles. The second kappa shape index (κ2) is 3.59. The largest absolute Gasteiger partial charge is 0.387 e. The number of benzene rings is 1. The molecule has 14 heavy (non-hydrogen) atoms. The van der Waals surface area contributed by atoms with Crippen LogP contribution in [0.15, 0.2) is 36.5 Å². The Balaban J connectivity index is 2.34. The molecular formula is C10H11N3O. The van der Waals surface area contributed by atoms with E-state index >= 15 is 0 Å². The van der Waals surface area contributed by atoms with Crippen molar-refractivity contribution in [1.82, 2.24) is 15.0 Å². The molecule has 1 aromatic carbocycles. The Morgan fingerprint density at radius 3 is 2.57 bits per heavy atom. The maximum atomic E-state index is 9.27. The van der Waals surface area contributed by atoms with Crippen molar-refractivity contribution in [2.75, 3.05) is 0 Å². The summed E-state index contributed by atoms with van der Waals surface area (Å²) in [6.45, 7) is 1.67. The summed E-state index contributed by atoms with van der Waals surface area (Å²) >= 11 is 0. The van der Waals surface area contributed by atoms with Crippen LogP contribution in [-0.2, 0) is 0 Å². The molecule has 1 unspecified atom stereocenters. The molecule has 1 aromatic heterocycles. The Hall–Kier alpha value is -1.68. The van der Waals surface area contributed by atoms with Crippen molar-refractivity contribution in [3.63, 3.8) is 0 Å². The fourth-order valence-corrected chi connectivity index (χ4v) is 1.18. The molecule has 4 nitrogen and oxygen atoms in total. The Kier molecular flexibility index (Phi) is 2.28. The van der Waals surface area contributed by atoms with Gasteiger partial charge in [0.05, 0.1) is 18.0 Å². The van der Waals surface area contributed by atoms with Crippen LogP contribution in [0.25, 0.3) is 5.69 Å². The SMILES string of the molecule is CC(O)c1cn(-c2ccccc2)nn1. The summed E-state index contributed by atoms with van der Waals surface area (Å²) in [4.78, 5) is 0. The molecule has 0 amide bonds. The third-order valence-electron chi connectivity index (χ3n) is 1.96. The van der Waals surface area contributed by atoms with Crippen molar-refractivity contribution in [3.05, 3.63) is 42.2 Å². The van der Waals surface area contributed by atoms with Gasteiger partial charge in [0, 0.05) is 0 Å². The molecule has 1 atom stereocenters. The first-order chi connectivity index (χ1) is 6.77. The second-order valence-corrected chi connectivity index (χ2v) is 3.10. The number of para-hydroxylation sites is 1. The van der Waals surface area contributed by atoms with Crippen molar-refractivity contribution < 1.29 is 5.11 Å². The molecular weight excluding hydrogens is 178 g/mol. The number of nitrogens with zero attached hydrogens (tertiary/aromatic N) is 3. The van der Waals surface area contributed by atoms with Crippen LogP contribution in [0.1, 0.15) is 18.7 Å². The van der Waals surface area contributed by atoms with E-state index in [9.17, 15) is 5.11 Å². The summed E-state index contributed by atoms with van der Waals surface area (Å²) in [6, 6.07) is 9.66. The smallest absolute Gasteiger partial charge is 0.111 e. The second-order valence-electron chi connectivity index (χ2n) is 3.10. The Bertz CT molecular complexity index is 408. The van der Waals surface area contributed by atoms with E-state index < -0.39 is 6.10 Å². The van der Waals surface area contributed by atoms with Gasteiger partial charge in [0.1, 0.15) is 5.69 Å². The lowest BCUT2D eigenvalue weighted by Crippen LogP contribution is -1.93. The van der Waals surface area contributed by atoms with E-state index in [1.54, 1.807) is 17.8 Å². The van der Waals surface area contributed by atoms with Gasteiger partial charge in [0.2, 0.25) is 0 Å². The number of aliphatic hydroxyl groups excluding tert-OH is 1. The average molecular weight is 189 g/mol. The van der Waals surface area contributed by atoms with Crippen molar-refractivity contribution in [2.45, 2.75) is 13.0 Å². The van der Waals surface area contributed by atoms with Gasteiger partial charge < -0.3 is 5.11 Å². The standard InChI is InChI=1S/C10H11N3O/c1-8(14)10-7-13(12-11-10)9-5-3-2-4-6-9/h2-8,14H,1H3. The van der Waals surface area contributed by atoms with Gasteiger partial charge >= 0.3 is 0 Å². The maximum absolute atomic E-state index is 9.27. The zero-order chi connectivity index (χ0) is 9.97. The molecule has 0 aliphatic heterocycles. The maximum Gasteiger partial charge on any atom is 0.111 e. The minimum Gasteiger partial charge on any atom is -0.387 e. The van der Waals surface area contributed by atoms with E-state index in [0.29, 0.717) is 5.69 Å². The first-order valence-corrected chi connectivity index (χ1v) is 4.43. The van der Waals surface area contributed by atoms with Gasteiger partial charge in [0.15, 0.2) is 0 Å². The van der Waals surface area contributed by atoms with Crippen LogP contribution in [0.3, 0.4) is 0 Å². The van der Waals surface area contributed by atoms with Crippen molar-refractivity contribution in [3.8, 4) is 5.69 Å². The molecule has 0 aliphatic carbocycles. The average Bonchev–Trinajstić information content (AvgIpc) is 2.68. The summed E-state index contributed by atoms with van der Waals surface area (Å²) in [6.07, 6.45) is 1.15. The number of rotatable bonds is 2. The minimum absolute atomic E-state index is 0.576. The van der Waals surface area contributed by atoms with Gasteiger partial charge in [-0.05, 0) is 19.1 Å². The predicted molar refractivity (Wildman–Crippen MR) is 52.0 cm³/mol. The van der Waals surface area contributed by atoms with Crippen LogP contribution in [0.2, 0.25) is 0 Å². The summed E-state index contributed by atoms with van der Waals surface area (Å²) in [7, 11) is 0. The molecule has 0 aliphatic rings. The number of aliphatic hydroxyl groups is 1. The monoisotopic (exact) mass is 189 g/mol. The van der Waals surface area contributed by atoms with E-state index in [0.717, 1.165) is 5.69 Å². The highest BCUT2D eigenvalue weighted by atomic mass is 16.3. The lowest BCUT2D eigenvalue weighted by Gasteiger charge is -1.98. The molecule has 0 saturated heterocycles. The van der Waals surface area contributed by atoms with Crippen LogP contribution in [0.5, 0.6) is 0 Å². The highest BCUT2D eigenvalue weighted by Crippen LogP contribution is 2.10. The van der Waals surface area contributed by atoms with Crippen molar-refractivity contribution in [1.29, 1.82) is 0 Å². The van der Waals surface area contributed by atoms with E-state index in [1.807, 2.05) is 30.3 Å². The third-order valence-corrected chi connectivity index (χ3v) is 1.96. The fourth-order valence-electron chi connectivity index (χ4n) is 1.18. The van der Waals surface area contributed by atoms with E-state index in [1.165, 1.54) is 0 Å². The van der Waals surface area contributed by atoms with Crippen molar-refractivity contribution in [2.24, 2.45) is 0 Å². The first-order valence-electron chi connectivity index (χ1n) is 4.43. The quantitative estimate of drug-likeness (QED) is 0.775. The summed E-state index contributed by atoms with van der Waals surface area (Å²) in [5.41, 5.74) is 1.51. The van der Waals surface area contributed by atoms with Gasteiger partial charge in [-0.3, -0.25) is 0 Å². The summed E-state index contributed by atoms with van der Waals surface area (Å²) < 4.78 is 1.64. The highest BCUT2D eigenvalue weighted by Gasteiger charge is 2.06. The Labute approximate surface area is 81.8 Å². The van der Waals surface area contributed by atoms with E-state index in [2.05, 4.69) is 10.3 Å². The normalized spacial score (nSPS) is 12.7. The highest BCUT2D eigenvalue weighted by molar-refractivity contribution is 5.29. The van der Waals surface area contributed by atoms with Gasteiger partial charge in [-0.15, -0.1) is 5.10 Å². The fraction of sp³-hybridized carbons (Fsp3) is 0.200. The van der Waals surface area contributed by atoms with Gasteiger partial charge in [0.25, 0.3) is 0 Å². The first kappa shape index (κ1) is 8.90. The van der Waals surface area contributed by atoms with Crippen molar-refractivity contribution >= 4 is 0 Å². The number of aromatic nitrogens is 3. The van der Waals surface area contributed by atoms with Crippen LogP contribution in [0, 0.1) is 0 Å². The van der Waals surface area contributed by atoms with Crippen LogP contribution in [0.4, 0.5) is 0 Å². The molecule has 0 radical (unpaired) electrons. The Morgan fingerprint density at radius 2 is 2.00 bits per heavy atom.